The Morgan fingerprint density at radius 2 is 1.79 bits per heavy atom. The molecule has 0 saturated carbocycles. The first-order chi connectivity index (χ1) is 11.5. The molecule has 0 aromatic heterocycles. The molecule has 0 heterocycles. The molecule has 1 atom stereocenters. The number of benzene rings is 1. The molecule has 0 bridgehead atoms. The van der Waals surface area contributed by atoms with Gasteiger partial charge in [-0.15, -0.1) is 0 Å². The summed E-state index contributed by atoms with van der Waals surface area (Å²) in [6.45, 7) is 9.45. The molecule has 0 aliphatic carbocycles. The monoisotopic (exact) mass is 339 g/mol. The van der Waals surface area contributed by atoms with E-state index in [2.05, 4.69) is 24.1 Å². The minimum atomic E-state index is -0.410. The molecule has 24 heavy (non-hydrogen) atoms. The third-order valence-electron chi connectivity index (χ3n) is 4.11. The van der Waals surface area contributed by atoms with E-state index < -0.39 is 4.92 Å². The molecule has 136 valence electrons. The lowest BCUT2D eigenvalue weighted by atomic mass is 10.1. The molecule has 0 saturated heterocycles. The summed E-state index contributed by atoms with van der Waals surface area (Å²) in [6, 6.07) is 3.14. The van der Waals surface area contributed by atoms with Crippen molar-refractivity contribution < 1.29 is 14.4 Å². The number of anilines is 1. The Hall–Kier alpha value is -2.02. The lowest BCUT2D eigenvalue weighted by molar-refractivity contribution is -0.384. The summed E-state index contributed by atoms with van der Waals surface area (Å²) in [7, 11) is 2.98. The molecule has 0 amide bonds. The first-order valence-corrected chi connectivity index (χ1v) is 8.36. The van der Waals surface area contributed by atoms with Crippen LogP contribution in [0.3, 0.4) is 0 Å². The van der Waals surface area contributed by atoms with Gasteiger partial charge in [0.25, 0.3) is 5.69 Å². The molecule has 0 aliphatic rings. The lowest BCUT2D eigenvalue weighted by Crippen LogP contribution is -2.25. The molecule has 1 aromatic carbocycles. The largest absolute Gasteiger partial charge is 0.493 e. The number of nitrogens with zero attached hydrogens (tertiary/aromatic N) is 2. The number of methoxy groups -OCH3 is 2. The van der Waals surface area contributed by atoms with Crippen LogP contribution in [0.2, 0.25) is 0 Å². The van der Waals surface area contributed by atoms with Crippen molar-refractivity contribution in [3.8, 4) is 11.5 Å². The minimum Gasteiger partial charge on any atom is -0.493 e. The van der Waals surface area contributed by atoms with Gasteiger partial charge in [0.15, 0.2) is 11.5 Å². The SMILES string of the molecule is CCN(CC)CCCC(C)Nc1cc(OC)c(OC)cc1[N+](=O)[O-]. The third kappa shape index (κ3) is 5.56. The molecule has 7 nitrogen and oxygen atoms in total. The molecular formula is C17H29N3O4. The van der Waals surface area contributed by atoms with Crippen LogP contribution in [-0.4, -0.2) is 49.7 Å². The molecule has 0 radical (unpaired) electrons. The van der Waals surface area contributed by atoms with Crippen molar-refractivity contribution in [2.24, 2.45) is 0 Å². The second-order valence-corrected chi connectivity index (χ2v) is 5.70. The first kappa shape index (κ1) is 20.0. The normalized spacial score (nSPS) is 12.1. The van der Waals surface area contributed by atoms with Gasteiger partial charge < -0.3 is 19.7 Å². The highest BCUT2D eigenvalue weighted by Gasteiger charge is 2.20. The van der Waals surface area contributed by atoms with E-state index in [0.29, 0.717) is 17.2 Å². The smallest absolute Gasteiger partial charge is 0.296 e. The van der Waals surface area contributed by atoms with Gasteiger partial charge in [0, 0.05) is 12.1 Å². The second-order valence-electron chi connectivity index (χ2n) is 5.70. The zero-order valence-electron chi connectivity index (χ0n) is 15.3. The molecule has 1 unspecified atom stereocenters. The summed E-state index contributed by atoms with van der Waals surface area (Å²) in [5.41, 5.74) is 0.441. The van der Waals surface area contributed by atoms with Gasteiger partial charge in [-0.2, -0.15) is 0 Å². The highest BCUT2D eigenvalue weighted by Crippen LogP contribution is 2.38. The van der Waals surface area contributed by atoms with E-state index >= 15 is 0 Å². The highest BCUT2D eigenvalue weighted by molar-refractivity contribution is 5.68. The Morgan fingerprint density at radius 1 is 1.21 bits per heavy atom. The Balaban J connectivity index is 2.79. The van der Waals surface area contributed by atoms with E-state index in [-0.39, 0.29) is 11.7 Å². The summed E-state index contributed by atoms with van der Waals surface area (Å²) in [5, 5.41) is 14.5. The summed E-state index contributed by atoms with van der Waals surface area (Å²) in [6.07, 6.45) is 1.97. The number of ether oxygens (including phenoxy) is 2. The summed E-state index contributed by atoms with van der Waals surface area (Å²) in [4.78, 5) is 13.3. The van der Waals surface area contributed by atoms with Crippen LogP contribution in [0.5, 0.6) is 11.5 Å². The number of nitro groups is 1. The predicted molar refractivity (Wildman–Crippen MR) is 96.3 cm³/mol. The fourth-order valence-electron chi connectivity index (χ4n) is 2.63. The fourth-order valence-corrected chi connectivity index (χ4v) is 2.63. The van der Waals surface area contributed by atoms with E-state index in [1.807, 2.05) is 6.92 Å². The van der Waals surface area contributed by atoms with Gasteiger partial charge in [-0.05, 0) is 39.4 Å². The van der Waals surface area contributed by atoms with Crippen molar-refractivity contribution in [1.82, 2.24) is 4.90 Å². The maximum Gasteiger partial charge on any atom is 0.296 e. The van der Waals surface area contributed by atoms with Gasteiger partial charge >= 0.3 is 0 Å². The summed E-state index contributed by atoms with van der Waals surface area (Å²) < 4.78 is 10.4. The number of rotatable bonds is 11. The predicted octanol–water partition coefficient (Wildman–Crippen LogP) is 3.53. The first-order valence-electron chi connectivity index (χ1n) is 8.36. The number of nitrogens with one attached hydrogen (secondary N) is 1. The number of nitro benzene ring substituents is 1. The van der Waals surface area contributed by atoms with Crippen molar-refractivity contribution in [3.05, 3.63) is 22.2 Å². The van der Waals surface area contributed by atoms with Crippen LogP contribution < -0.4 is 14.8 Å². The number of hydrogen-bond acceptors (Lipinski definition) is 6. The lowest BCUT2D eigenvalue weighted by Gasteiger charge is -2.20. The van der Waals surface area contributed by atoms with Crippen molar-refractivity contribution in [2.45, 2.75) is 39.7 Å². The van der Waals surface area contributed by atoms with Crippen LogP contribution in [0, 0.1) is 10.1 Å². The standard InChI is InChI=1S/C17H29N3O4/c1-6-19(7-2)10-8-9-13(3)18-14-11-16(23-4)17(24-5)12-15(14)20(21)22/h11-13,18H,6-10H2,1-5H3. The maximum atomic E-state index is 11.3. The van der Waals surface area contributed by atoms with E-state index in [4.69, 9.17) is 9.47 Å². The van der Waals surface area contributed by atoms with Gasteiger partial charge in [0.1, 0.15) is 5.69 Å². The van der Waals surface area contributed by atoms with Crippen LogP contribution in [-0.2, 0) is 0 Å². The van der Waals surface area contributed by atoms with Gasteiger partial charge in [-0.3, -0.25) is 10.1 Å². The van der Waals surface area contributed by atoms with Gasteiger partial charge in [-0.25, -0.2) is 0 Å². The van der Waals surface area contributed by atoms with Crippen molar-refractivity contribution in [3.63, 3.8) is 0 Å². The van der Waals surface area contributed by atoms with Crippen LogP contribution in [0.1, 0.15) is 33.6 Å². The molecule has 7 heteroatoms. The van der Waals surface area contributed by atoms with Crippen molar-refractivity contribution in [2.75, 3.05) is 39.2 Å². The molecule has 1 rings (SSSR count). The molecule has 0 fully saturated rings. The Kier molecular flexibility index (Phi) is 8.32. The average molecular weight is 339 g/mol. The van der Waals surface area contributed by atoms with E-state index in [1.165, 1.54) is 20.3 Å². The van der Waals surface area contributed by atoms with Crippen molar-refractivity contribution >= 4 is 11.4 Å². The van der Waals surface area contributed by atoms with Gasteiger partial charge in [0.05, 0.1) is 25.2 Å². The quantitative estimate of drug-likeness (QED) is 0.491. The van der Waals surface area contributed by atoms with Crippen LogP contribution >= 0.6 is 0 Å². The zero-order valence-corrected chi connectivity index (χ0v) is 15.3. The second kappa shape index (κ2) is 9.97. The molecule has 1 aromatic rings. The van der Waals surface area contributed by atoms with E-state index in [0.717, 1.165) is 32.5 Å². The zero-order chi connectivity index (χ0) is 18.1. The summed E-state index contributed by atoms with van der Waals surface area (Å²) >= 11 is 0. The summed E-state index contributed by atoms with van der Waals surface area (Å²) in [5.74, 6) is 0.824. The van der Waals surface area contributed by atoms with E-state index in [9.17, 15) is 10.1 Å². The molecule has 1 N–H and O–H groups in total. The molecular weight excluding hydrogens is 310 g/mol. The molecule has 0 spiro atoms. The Morgan fingerprint density at radius 3 is 2.29 bits per heavy atom. The Bertz CT molecular complexity index is 533. The van der Waals surface area contributed by atoms with Crippen LogP contribution in [0.4, 0.5) is 11.4 Å². The third-order valence-corrected chi connectivity index (χ3v) is 4.11. The van der Waals surface area contributed by atoms with E-state index in [1.54, 1.807) is 6.07 Å². The Labute approximate surface area is 144 Å². The van der Waals surface area contributed by atoms with Crippen molar-refractivity contribution in [1.29, 1.82) is 0 Å². The van der Waals surface area contributed by atoms with Gasteiger partial charge in [-0.1, -0.05) is 13.8 Å². The average Bonchev–Trinajstić information content (AvgIpc) is 2.58. The maximum absolute atomic E-state index is 11.3. The topological polar surface area (TPSA) is 76.9 Å². The number of hydrogen-bond donors (Lipinski definition) is 1. The van der Waals surface area contributed by atoms with Gasteiger partial charge in [0.2, 0.25) is 0 Å². The van der Waals surface area contributed by atoms with Crippen LogP contribution in [0.15, 0.2) is 12.1 Å². The molecule has 0 aliphatic heterocycles. The minimum absolute atomic E-state index is 0.0109. The fraction of sp³-hybridized carbons (Fsp3) is 0.647. The highest BCUT2D eigenvalue weighted by atomic mass is 16.6. The van der Waals surface area contributed by atoms with Crippen LogP contribution in [0.25, 0.3) is 0 Å².